The Kier molecular flexibility index (Phi) is 5.41. The smallest absolute Gasteiger partial charge is 0.216 e. The first-order chi connectivity index (χ1) is 18.6. The van der Waals surface area contributed by atoms with Gasteiger partial charge < -0.3 is 4.42 Å². The number of aryl methyl sites for hydroxylation is 2. The summed E-state index contributed by atoms with van der Waals surface area (Å²) in [4.78, 5) is 0. The fourth-order valence-electron chi connectivity index (χ4n) is 7.50. The van der Waals surface area contributed by atoms with Crippen LogP contribution in [0.3, 0.4) is 0 Å². The molecule has 3 aromatic carbocycles. The third-order valence-electron chi connectivity index (χ3n) is 9.46. The van der Waals surface area contributed by atoms with Gasteiger partial charge in [0.1, 0.15) is 18.2 Å². The Balaban J connectivity index is 1.41. The van der Waals surface area contributed by atoms with Gasteiger partial charge in [-0.05, 0) is 85.3 Å². The molecule has 0 aliphatic heterocycles. The van der Waals surface area contributed by atoms with E-state index in [0.29, 0.717) is 16.9 Å². The Hall–Kier alpha value is -3.90. The molecule has 0 bridgehead atoms. The highest BCUT2D eigenvalue weighted by Crippen LogP contribution is 2.55. The zero-order valence-corrected chi connectivity index (χ0v) is 22.3. The van der Waals surface area contributed by atoms with E-state index in [2.05, 4.69) is 85.4 Å². The molecule has 0 radical (unpaired) electrons. The molecule has 2 saturated carbocycles. The molecule has 38 heavy (non-hydrogen) atoms. The molecule has 188 valence electrons. The predicted molar refractivity (Wildman–Crippen MR) is 153 cm³/mol. The fraction of sp³-hybridized carbons (Fsp3) is 0.314. The van der Waals surface area contributed by atoms with E-state index in [4.69, 9.17) is 4.42 Å². The lowest BCUT2D eigenvalue weighted by atomic mass is 9.82. The van der Waals surface area contributed by atoms with Crippen molar-refractivity contribution in [2.45, 2.75) is 57.8 Å². The molecule has 7 rings (SSSR count). The zero-order valence-electron chi connectivity index (χ0n) is 22.3. The molecule has 0 amide bonds. The Morgan fingerprint density at radius 2 is 1.68 bits per heavy atom. The number of nitriles is 1. The first kappa shape index (κ1) is 23.2. The summed E-state index contributed by atoms with van der Waals surface area (Å²) in [5.74, 6) is 0.612. The molecule has 2 aliphatic rings. The Morgan fingerprint density at radius 1 is 0.895 bits per heavy atom. The topological polar surface area (TPSA) is 40.8 Å². The summed E-state index contributed by atoms with van der Waals surface area (Å²) in [5, 5.41) is 12.3. The van der Waals surface area contributed by atoms with Gasteiger partial charge in [-0.2, -0.15) is 5.26 Å². The van der Waals surface area contributed by atoms with Crippen molar-refractivity contribution in [1.82, 2.24) is 0 Å². The average Bonchev–Trinajstić information content (AvgIpc) is 3.68. The van der Waals surface area contributed by atoms with Crippen LogP contribution >= 0.6 is 0 Å². The van der Waals surface area contributed by atoms with Crippen molar-refractivity contribution >= 4 is 21.9 Å². The molecule has 0 saturated heterocycles. The summed E-state index contributed by atoms with van der Waals surface area (Å²) in [6, 6.07) is 26.0. The van der Waals surface area contributed by atoms with Crippen molar-refractivity contribution in [2.24, 2.45) is 12.5 Å². The Labute approximate surface area is 224 Å². The highest BCUT2D eigenvalue weighted by atomic mass is 16.3. The van der Waals surface area contributed by atoms with Crippen molar-refractivity contribution in [3.63, 3.8) is 0 Å². The number of aromatic nitrogens is 1. The molecular formula is C35H33N2O+. The van der Waals surface area contributed by atoms with Crippen LogP contribution in [-0.2, 0) is 7.05 Å². The molecule has 1 unspecified atom stereocenters. The van der Waals surface area contributed by atoms with Gasteiger partial charge in [0.05, 0.1) is 17.2 Å². The lowest BCUT2D eigenvalue weighted by Gasteiger charge is -2.23. The van der Waals surface area contributed by atoms with Crippen molar-refractivity contribution in [1.29, 1.82) is 5.26 Å². The van der Waals surface area contributed by atoms with E-state index in [1.807, 2.05) is 12.1 Å². The molecule has 3 heteroatoms. The SMILES string of the molecule is Cc1ccc2c(oc3c(-c4cccc(C5CCC6(CCCC6)C5)c4)c(C#N)ccc32)c1-c1cccc[n+]1C. The summed E-state index contributed by atoms with van der Waals surface area (Å²) in [5.41, 5.74) is 9.73. The van der Waals surface area contributed by atoms with E-state index < -0.39 is 0 Å². The summed E-state index contributed by atoms with van der Waals surface area (Å²) >= 11 is 0. The molecule has 2 aromatic heterocycles. The van der Waals surface area contributed by atoms with Crippen LogP contribution in [0.5, 0.6) is 0 Å². The Bertz CT molecular complexity index is 1750. The molecule has 1 atom stereocenters. The first-order valence-electron chi connectivity index (χ1n) is 14.0. The molecular weight excluding hydrogens is 464 g/mol. The van der Waals surface area contributed by atoms with Gasteiger partial charge in [-0.3, -0.25) is 0 Å². The predicted octanol–water partition coefficient (Wildman–Crippen LogP) is 8.75. The van der Waals surface area contributed by atoms with Crippen molar-refractivity contribution in [3.05, 3.63) is 89.6 Å². The van der Waals surface area contributed by atoms with Crippen molar-refractivity contribution in [2.75, 3.05) is 0 Å². The highest BCUT2D eigenvalue weighted by Gasteiger charge is 2.41. The van der Waals surface area contributed by atoms with Crippen molar-refractivity contribution < 1.29 is 8.98 Å². The van der Waals surface area contributed by atoms with Gasteiger partial charge in [0.15, 0.2) is 6.20 Å². The number of hydrogen-bond acceptors (Lipinski definition) is 2. The second kappa shape index (κ2) is 8.84. The number of furan rings is 1. The maximum absolute atomic E-state index is 10.2. The van der Waals surface area contributed by atoms with Crippen LogP contribution in [0.4, 0.5) is 0 Å². The van der Waals surface area contributed by atoms with Crippen LogP contribution in [0.2, 0.25) is 0 Å². The molecule has 1 spiro atoms. The van der Waals surface area contributed by atoms with E-state index in [0.717, 1.165) is 44.3 Å². The minimum atomic E-state index is 0.582. The van der Waals surface area contributed by atoms with Gasteiger partial charge >= 0.3 is 0 Å². The Morgan fingerprint density at radius 3 is 2.47 bits per heavy atom. The number of fused-ring (bicyclic) bond motifs is 3. The van der Waals surface area contributed by atoms with E-state index in [9.17, 15) is 5.26 Å². The number of nitrogens with zero attached hydrogens (tertiary/aromatic N) is 2. The zero-order chi connectivity index (χ0) is 25.9. The largest absolute Gasteiger partial charge is 0.454 e. The van der Waals surface area contributed by atoms with E-state index in [-0.39, 0.29) is 0 Å². The van der Waals surface area contributed by atoms with Crippen LogP contribution < -0.4 is 4.57 Å². The number of benzene rings is 3. The lowest BCUT2D eigenvalue weighted by molar-refractivity contribution is -0.660. The van der Waals surface area contributed by atoms with Gasteiger partial charge in [0, 0.05) is 28.5 Å². The summed E-state index contributed by atoms with van der Waals surface area (Å²) in [6.45, 7) is 2.14. The summed E-state index contributed by atoms with van der Waals surface area (Å²) in [6.07, 6.45) is 11.6. The minimum absolute atomic E-state index is 0.582. The monoisotopic (exact) mass is 497 g/mol. The second-order valence-electron chi connectivity index (χ2n) is 11.7. The van der Waals surface area contributed by atoms with E-state index in [1.54, 1.807) is 0 Å². The summed E-state index contributed by atoms with van der Waals surface area (Å²) in [7, 11) is 2.07. The normalized spacial score (nSPS) is 18.5. The van der Waals surface area contributed by atoms with Crippen LogP contribution in [0.1, 0.15) is 67.6 Å². The van der Waals surface area contributed by atoms with Crippen LogP contribution in [0.15, 0.2) is 77.3 Å². The van der Waals surface area contributed by atoms with Crippen LogP contribution in [0.25, 0.3) is 44.3 Å². The molecule has 3 nitrogen and oxygen atoms in total. The number of rotatable bonds is 3. The third kappa shape index (κ3) is 3.58. The lowest BCUT2D eigenvalue weighted by Crippen LogP contribution is -2.30. The van der Waals surface area contributed by atoms with Gasteiger partial charge in [-0.15, -0.1) is 0 Å². The molecule has 0 N–H and O–H groups in total. The van der Waals surface area contributed by atoms with Crippen molar-refractivity contribution in [3.8, 4) is 28.5 Å². The summed E-state index contributed by atoms with van der Waals surface area (Å²) < 4.78 is 8.92. The highest BCUT2D eigenvalue weighted by molar-refractivity contribution is 6.14. The number of pyridine rings is 1. The molecule has 5 aromatic rings. The van der Waals surface area contributed by atoms with Crippen LogP contribution in [-0.4, -0.2) is 0 Å². The molecule has 2 fully saturated rings. The first-order valence-corrected chi connectivity index (χ1v) is 14.0. The average molecular weight is 498 g/mol. The van der Waals surface area contributed by atoms with Gasteiger partial charge in [-0.25, -0.2) is 4.57 Å². The van der Waals surface area contributed by atoms with Gasteiger partial charge in [-0.1, -0.05) is 49.2 Å². The fourth-order valence-corrected chi connectivity index (χ4v) is 7.50. The standard InChI is InChI=1S/C35H33N2O/c1-23-11-13-28-29-14-12-27(22-36)32(34(29)38-33(28)31(23)30-10-3-6-19-37(30)2)25-9-7-8-24(20-25)26-15-18-35(21-26)16-4-5-17-35/h3,6-14,19-20,26H,4-5,15-18,21H2,1-2H3/q+1. The number of hydrogen-bond donors (Lipinski definition) is 0. The molecule has 2 heterocycles. The third-order valence-corrected chi connectivity index (χ3v) is 9.46. The van der Waals surface area contributed by atoms with E-state index >= 15 is 0 Å². The maximum atomic E-state index is 10.2. The van der Waals surface area contributed by atoms with Gasteiger partial charge in [0.2, 0.25) is 5.69 Å². The van der Waals surface area contributed by atoms with E-state index in [1.165, 1.54) is 56.1 Å². The minimum Gasteiger partial charge on any atom is -0.454 e. The van der Waals surface area contributed by atoms with Crippen LogP contribution in [0, 0.1) is 23.7 Å². The van der Waals surface area contributed by atoms with Gasteiger partial charge in [0.25, 0.3) is 0 Å². The maximum Gasteiger partial charge on any atom is 0.216 e. The molecule has 2 aliphatic carbocycles. The second-order valence-corrected chi connectivity index (χ2v) is 11.7. The quantitative estimate of drug-likeness (QED) is 0.234.